The molecule has 2 aromatic carbocycles. The number of halogens is 2. The molecule has 108 valence electrons. The highest BCUT2D eigenvalue weighted by molar-refractivity contribution is 7.71. The minimum atomic E-state index is 0.516. The number of nitrogens with zero attached hydrogens (tertiary/aromatic N) is 1. The van der Waals surface area contributed by atoms with E-state index in [9.17, 15) is 0 Å². The SMILES string of the molecule is COc1cccc(Cl)c1Cn1c(=S)[nH]c2c(Cl)cccc21. The van der Waals surface area contributed by atoms with Crippen molar-refractivity contribution in [1.29, 1.82) is 0 Å². The molecule has 0 unspecified atom stereocenters. The number of H-pyrrole nitrogens is 1. The lowest BCUT2D eigenvalue weighted by atomic mass is 10.2. The van der Waals surface area contributed by atoms with Gasteiger partial charge in [0.25, 0.3) is 0 Å². The zero-order valence-corrected chi connectivity index (χ0v) is 13.5. The van der Waals surface area contributed by atoms with E-state index in [2.05, 4.69) is 4.98 Å². The van der Waals surface area contributed by atoms with Crippen LogP contribution >= 0.6 is 35.4 Å². The highest BCUT2D eigenvalue weighted by Crippen LogP contribution is 2.29. The topological polar surface area (TPSA) is 29.9 Å². The van der Waals surface area contributed by atoms with Crippen molar-refractivity contribution in [3.8, 4) is 5.75 Å². The van der Waals surface area contributed by atoms with Gasteiger partial charge in [0, 0.05) is 10.6 Å². The molecule has 1 N–H and O–H groups in total. The molecular weight excluding hydrogens is 327 g/mol. The molecule has 21 heavy (non-hydrogen) atoms. The molecule has 0 aliphatic carbocycles. The Kier molecular flexibility index (Phi) is 3.93. The number of hydrogen-bond donors (Lipinski definition) is 1. The van der Waals surface area contributed by atoms with Gasteiger partial charge in [-0.1, -0.05) is 35.3 Å². The standard InChI is InChI=1S/C15H12Cl2N2OS/c1-20-13-7-3-4-10(16)9(13)8-19-12-6-2-5-11(17)14(12)18-15(19)21/h2-7H,8H2,1H3,(H,18,21). The maximum Gasteiger partial charge on any atom is 0.178 e. The molecule has 0 spiro atoms. The summed E-state index contributed by atoms with van der Waals surface area (Å²) >= 11 is 17.9. The van der Waals surface area contributed by atoms with Crippen molar-refractivity contribution in [3.63, 3.8) is 0 Å². The molecule has 0 amide bonds. The van der Waals surface area contributed by atoms with Crippen molar-refractivity contribution in [3.05, 3.63) is 56.8 Å². The molecule has 1 aromatic heterocycles. The molecule has 1 heterocycles. The van der Waals surface area contributed by atoms with Gasteiger partial charge in [0.05, 0.1) is 29.7 Å². The van der Waals surface area contributed by atoms with E-state index in [0.29, 0.717) is 21.4 Å². The normalized spacial score (nSPS) is 11.0. The molecule has 0 saturated carbocycles. The second kappa shape index (κ2) is 5.72. The van der Waals surface area contributed by atoms with E-state index in [0.717, 1.165) is 22.3 Å². The number of para-hydroxylation sites is 1. The molecule has 0 fully saturated rings. The van der Waals surface area contributed by atoms with Crippen molar-refractivity contribution in [2.24, 2.45) is 0 Å². The van der Waals surface area contributed by atoms with Crippen LogP contribution in [0, 0.1) is 4.77 Å². The molecule has 0 aliphatic heterocycles. The second-order valence-corrected chi connectivity index (χ2v) is 5.77. The lowest BCUT2D eigenvalue weighted by Gasteiger charge is -2.11. The monoisotopic (exact) mass is 338 g/mol. The van der Waals surface area contributed by atoms with Crippen molar-refractivity contribution < 1.29 is 4.74 Å². The Morgan fingerprint density at radius 3 is 2.62 bits per heavy atom. The summed E-state index contributed by atoms with van der Waals surface area (Å²) in [5.74, 6) is 0.737. The fourth-order valence-electron chi connectivity index (χ4n) is 2.34. The van der Waals surface area contributed by atoms with Gasteiger partial charge in [0.15, 0.2) is 4.77 Å². The van der Waals surface area contributed by atoms with Crippen LogP contribution in [0.15, 0.2) is 36.4 Å². The number of aromatic amines is 1. The predicted molar refractivity (Wildman–Crippen MR) is 89.2 cm³/mol. The first-order valence-electron chi connectivity index (χ1n) is 6.30. The Balaban J connectivity index is 2.18. The minimum Gasteiger partial charge on any atom is -0.496 e. The Bertz CT molecular complexity index is 870. The molecule has 0 atom stereocenters. The molecule has 3 nitrogen and oxygen atoms in total. The maximum absolute atomic E-state index is 6.30. The summed E-state index contributed by atoms with van der Waals surface area (Å²) < 4.78 is 7.94. The summed E-state index contributed by atoms with van der Waals surface area (Å²) in [7, 11) is 1.63. The van der Waals surface area contributed by atoms with Gasteiger partial charge in [-0.25, -0.2) is 0 Å². The summed E-state index contributed by atoms with van der Waals surface area (Å²) in [5, 5.41) is 1.29. The first-order valence-corrected chi connectivity index (χ1v) is 7.46. The van der Waals surface area contributed by atoms with Crippen molar-refractivity contribution in [1.82, 2.24) is 9.55 Å². The van der Waals surface area contributed by atoms with Gasteiger partial charge >= 0.3 is 0 Å². The molecule has 6 heteroatoms. The van der Waals surface area contributed by atoms with Gasteiger partial charge in [0.1, 0.15) is 5.75 Å². The number of benzene rings is 2. The first kappa shape index (κ1) is 14.4. The summed E-state index contributed by atoms with van der Waals surface area (Å²) in [5.41, 5.74) is 2.66. The molecule has 3 rings (SSSR count). The zero-order chi connectivity index (χ0) is 15.0. The van der Waals surface area contributed by atoms with Gasteiger partial charge in [0.2, 0.25) is 0 Å². The van der Waals surface area contributed by atoms with E-state index in [4.69, 9.17) is 40.2 Å². The van der Waals surface area contributed by atoms with Gasteiger partial charge in [-0.15, -0.1) is 0 Å². The molecule has 0 radical (unpaired) electrons. The van der Waals surface area contributed by atoms with Crippen molar-refractivity contribution in [2.45, 2.75) is 6.54 Å². The maximum atomic E-state index is 6.30. The van der Waals surface area contributed by atoms with Gasteiger partial charge in [-0.3, -0.25) is 0 Å². The Morgan fingerprint density at radius 1 is 1.14 bits per heavy atom. The van der Waals surface area contributed by atoms with Crippen LogP contribution in [-0.2, 0) is 6.54 Å². The van der Waals surface area contributed by atoms with Crippen LogP contribution in [0.4, 0.5) is 0 Å². The zero-order valence-electron chi connectivity index (χ0n) is 11.2. The van der Waals surface area contributed by atoms with E-state index in [1.807, 2.05) is 41.0 Å². The van der Waals surface area contributed by atoms with Crippen molar-refractivity contribution in [2.75, 3.05) is 7.11 Å². The van der Waals surface area contributed by atoms with Crippen LogP contribution in [0.25, 0.3) is 11.0 Å². The Labute approximate surface area is 137 Å². The Hall–Kier alpha value is -1.49. The van der Waals surface area contributed by atoms with E-state index in [-0.39, 0.29) is 0 Å². The van der Waals surface area contributed by atoms with E-state index in [1.165, 1.54) is 0 Å². The number of methoxy groups -OCH3 is 1. The molecule has 3 aromatic rings. The number of nitrogens with one attached hydrogen (secondary N) is 1. The fourth-order valence-corrected chi connectivity index (χ4v) is 3.05. The smallest absolute Gasteiger partial charge is 0.178 e. The van der Waals surface area contributed by atoms with E-state index in [1.54, 1.807) is 7.11 Å². The number of hydrogen-bond acceptors (Lipinski definition) is 2. The Morgan fingerprint density at radius 2 is 1.86 bits per heavy atom. The predicted octanol–water partition coefficient (Wildman–Crippen LogP) is 5.06. The number of imidazole rings is 1. The first-order chi connectivity index (χ1) is 10.1. The third-order valence-corrected chi connectivity index (χ3v) is 4.36. The lowest BCUT2D eigenvalue weighted by molar-refractivity contribution is 0.408. The van der Waals surface area contributed by atoms with Crippen LogP contribution in [0.2, 0.25) is 10.0 Å². The minimum absolute atomic E-state index is 0.516. The summed E-state index contributed by atoms with van der Waals surface area (Å²) in [4.78, 5) is 3.13. The van der Waals surface area contributed by atoms with E-state index < -0.39 is 0 Å². The molecule has 0 bridgehead atoms. The van der Waals surface area contributed by atoms with Gasteiger partial charge in [-0.2, -0.15) is 0 Å². The molecule has 0 saturated heterocycles. The highest BCUT2D eigenvalue weighted by atomic mass is 35.5. The molecular formula is C15H12Cl2N2OS. The number of rotatable bonds is 3. The number of fused-ring (bicyclic) bond motifs is 1. The van der Waals surface area contributed by atoms with Crippen LogP contribution in [0.1, 0.15) is 5.56 Å². The highest BCUT2D eigenvalue weighted by Gasteiger charge is 2.12. The van der Waals surface area contributed by atoms with Crippen molar-refractivity contribution >= 4 is 46.5 Å². The quantitative estimate of drug-likeness (QED) is 0.676. The number of aromatic nitrogens is 2. The van der Waals surface area contributed by atoms with Crippen LogP contribution in [0.5, 0.6) is 5.75 Å². The van der Waals surface area contributed by atoms with Crippen LogP contribution < -0.4 is 4.74 Å². The average Bonchev–Trinajstić information content (AvgIpc) is 2.79. The van der Waals surface area contributed by atoms with Crippen LogP contribution in [-0.4, -0.2) is 16.7 Å². The largest absolute Gasteiger partial charge is 0.496 e. The second-order valence-electron chi connectivity index (χ2n) is 4.57. The third-order valence-electron chi connectivity index (χ3n) is 3.37. The lowest BCUT2D eigenvalue weighted by Crippen LogP contribution is -2.02. The van der Waals surface area contributed by atoms with Gasteiger partial charge in [-0.05, 0) is 36.5 Å². The summed E-state index contributed by atoms with van der Waals surface area (Å²) in [6.45, 7) is 0.516. The van der Waals surface area contributed by atoms with Gasteiger partial charge < -0.3 is 14.3 Å². The number of ether oxygens (including phenoxy) is 1. The summed E-state index contributed by atoms with van der Waals surface area (Å²) in [6, 6.07) is 11.3. The van der Waals surface area contributed by atoms with E-state index >= 15 is 0 Å². The summed E-state index contributed by atoms with van der Waals surface area (Å²) in [6.07, 6.45) is 0. The fraction of sp³-hybridized carbons (Fsp3) is 0.133. The third kappa shape index (κ3) is 2.55. The average molecular weight is 339 g/mol. The molecule has 0 aliphatic rings. The van der Waals surface area contributed by atoms with Crippen LogP contribution in [0.3, 0.4) is 0 Å².